The lowest BCUT2D eigenvalue weighted by molar-refractivity contribution is -0.121. The van der Waals surface area contributed by atoms with Crippen LogP contribution < -0.4 is 10.6 Å². The molecule has 2 heterocycles. The van der Waals surface area contributed by atoms with E-state index < -0.39 is 0 Å². The van der Waals surface area contributed by atoms with Gasteiger partial charge in [0.2, 0.25) is 5.91 Å². The van der Waals surface area contributed by atoms with Crippen molar-refractivity contribution in [2.75, 3.05) is 13.6 Å². The van der Waals surface area contributed by atoms with Crippen molar-refractivity contribution in [3.05, 3.63) is 0 Å². The molecule has 1 saturated carbocycles. The van der Waals surface area contributed by atoms with E-state index in [1.807, 2.05) is 0 Å². The van der Waals surface area contributed by atoms with E-state index in [1.165, 1.54) is 44.9 Å². The number of piperidine rings is 2. The first-order chi connectivity index (χ1) is 9.22. The van der Waals surface area contributed by atoms with E-state index in [0.29, 0.717) is 18.5 Å². The normalized spacial score (nSPS) is 35.1. The van der Waals surface area contributed by atoms with E-state index in [2.05, 4.69) is 22.6 Å². The fourth-order valence-electron chi connectivity index (χ4n) is 3.70. The van der Waals surface area contributed by atoms with Gasteiger partial charge in [0.1, 0.15) is 0 Å². The van der Waals surface area contributed by atoms with Gasteiger partial charge < -0.3 is 15.5 Å². The van der Waals surface area contributed by atoms with Crippen molar-refractivity contribution in [3.8, 4) is 0 Å². The zero-order valence-electron chi connectivity index (χ0n) is 12.0. The van der Waals surface area contributed by atoms with Gasteiger partial charge in [0, 0.05) is 37.1 Å². The first-order valence-corrected chi connectivity index (χ1v) is 7.97. The number of rotatable bonds is 5. The molecule has 0 aromatic rings. The predicted octanol–water partition coefficient (Wildman–Crippen LogP) is 1.26. The van der Waals surface area contributed by atoms with Crippen molar-refractivity contribution in [1.82, 2.24) is 15.5 Å². The maximum atomic E-state index is 11.6. The molecule has 0 aromatic carbocycles. The Bertz CT molecular complexity index is 315. The first-order valence-electron chi connectivity index (χ1n) is 7.97. The minimum atomic E-state index is 0.225. The highest BCUT2D eigenvalue weighted by molar-refractivity contribution is 5.76. The first kappa shape index (κ1) is 13.4. The third-order valence-corrected chi connectivity index (χ3v) is 5.07. The topological polar surface area (TPSA) is 44.4 Å². The molecule has 1 amide bonds. The van der Waals surface area contributed by atoms with Crippen LogP contribution in [0.2, 0.25) is 0 Å². The van der Waals surface area contributed by atoms with Gasteiger partial charge in [-0.25, -0.2) is 0 Å². The Morgan fingerprint density at radius 3 is 2.42 bits per heavy atom. The number of hydrogen-bond acceptors (Lipinski definition) is 3. The van der Waals surface area contributed by atoms with Crippen LogP contribution in [0.3, 0.4) is 0 Å². The molecule has 2 N–H and O–H groups in total. The minimum absolute atomic E-state index is 0.225. The van der Waals surface area contributed by atoms with E-state index in [1.54, 1.807) is 0 Å². The van der Waals surface area contributed by atoms with Crippen LogP contribution in [-0.4, -0.2) is 48.6 Å². The van der Waals surface area contributed by atoms with Crippen LogP contribution in [0.1, 0.15) is 51.4 Å². The van der Waals surface area contributed by atoms with Gasteiger partial charge in [0.15, 0.2) is 0 Å². The van der Waals surface area contributed by atoms with Gasteiger partial charge in [0.25, 0.3) is 0 Å². The number of hydrogen-bond donors (Lipinski definition) is 2. The largest absolute Gasteiger partial charge is 0.353 e. The van der Waals surface area contributed by atoms with Crippen LogP contribution in [0.4, 0.5) is 0 Å². The average Bonchev–Trinajstić information content (AvgIpc) is 3.14. The molecule has 2 saturated heterocycles. The van der Waals surface area contributed by atoms with Gasteiger partial charge in [-0.2, -0.15) is 0 Å². The van der Waals surface area contributed by atoms with Crippen LogP contribution >= 0.6 is 0 Å². The zero-order valence-corrected chi connectivity index (χ0v) is 12.0. The summed E-state index contributed by atoms with van der Waals surface area (Å²) in [5.74, 6) is 0.225. The molecule has 0 radical (unpaired) electrons. The Balaban J connectivity index is 1.37. The molecule has 2 bridgehead atoms. The highest BCUT2D eigenvalue weighted by atomic mass is 16.1. The lowest BCUT2D eigenvalue weighted by Crippen LogP contribution is -2.54. The lowest BCUT2D eigenvalue weighted by atomic mass is 9.82. The summed E-state index contributed by atoms with van der Waals surface area (Å²) in [5, 5.41) is 6.66. The summed E-state index contributed by atoms with van der Waals surface area (Å²) in [7, 11) is 2.29. The molecule has 108 valence electrons. The van der Waals surface area contributed by atoms with Crippen LogP contribution in [0.25, 0.3) is 0 Å². The van der Waals surface area contributed by atoms with Crippen molar-refractivity contribution in [2.45, 2.75) is 75.5 Å². The molecular formula is C15H27N3O. The molecule has 2 aliphatic heterocycles. The number of nitrogens with one attached hydrogen (secondary N) is 2. The summed E-state index contributed by atoms with van der Waals surface area (Å²) in [5.41, 5.74) is 0. The maximum Gasteiger partial charge on any atom is 0.221 e. The number of nitrogens with zero attached hydrogens (tertiary/aromatic N) is 1. The summed E-state index contributed by atoms with van der Waals surface area (Å²) in [6, 6.07) is 2.66. The Labute approximate surface area is 116 Å². The van der Waals surface area contributed by atoms with E-state index in [4.69, 9.17) is 0 Å². The summed E-state index contributed by atoms with van der Waals surface area (Å²) in [6.45, 7) is 0.840. The smallest absolute Gasteiger partial charge is 0.221 e. The molecule has 0 aromatic heterocycles. The fourth-order valence-corrected chi connectivity index (χ4v) is 3.70. The molecule has 0 spiro atoms. The second-order valence-corrected chi connectivity index (χ2v) is 6.62. The van der Waals surface area contributed by atoms with Crippen molar-refractivity contribution in [2.24, 2.45) is 0 Å². The number of carbonyl (C=O) groups excluding carboxylic acids is 1. The Morgan fingerprint density at radius 2 is 1.79 bits per heavy atom. The van der Waals surface area contributed by atoms with Crippen LogP contribution in [-0.2, 0) is 4.79 Å². The van der Waals surface area contributed by atoms with Gasteiger partial charge in [-0.1, -0.05) is 6.42 Å². The quantitative estimate of drug-likeness (QED) is 0.786. The lowest BCUT2D eigenvalue weighted by Gasteiger charge is -2.47. The standard InChI is InChI=1S/C15H27N3O/c1-18-13-3-2-4-14(18)10-12(9-13)16-8-7-15(19)17-11-5-6-11/h11-14,16H,2-10H2,1H3,(H,17,19). The fraction of sp³-hybridized carbons (Fsp3) is 0.933. The molecule has 2 atom stereocenters. The predicted molar refractivity (Wildman–Crippen MR) is 76.0 cm³/mol. The summed E-state index contributed by atoms with van der Waals surface area (Å²) in [6.07, 6.45) is 9.62. The molecule has 4 heteroatoms. The summed E-state index contributed by atoms with van der Waals surface area (Å²) >= 11 is 0. The van der Waals surface area contributed by atoms with Gasteiger partial charge in [0.05, 0.1) is 0 Å². The molecule has 19 heavy (non-hydrogen) atoms. The van der Waals surface area contributed by atoms with Gasteiger partial charge in [-0.05, 0) is 45.6 Å². The Kier molecular flexibility index (Phi) is 4.08. The summed E-state index contributed by atoms with van der Waals surface area (Å²) in [4.78, 5) is 14.2. The maximum absolute atomic E-state index is 11.6. The third-order valence-electron chi connectivity index (χ3n) is 5.07. The number of carbonyl (C=O) groups is 1. The average molecular weight is 265 g/mol. The molecule has 3 fully saturated rings. The van der Waals surface area contributed by atoms with Gasteiger partial charge in [-0.15, -0.1) is 0 Å². The molecule has 3 rings (SSSR count). The van der Waals surface area contributed by atoms with E-state index in [0.717, 1.165) is 18.6 Å². The second-order valence-electron chi connectivity index (χ2n) is 6.62. The van der Waals surface area contributed by atoms with Crippen molar-refractivity contribution < 1.29 is 4.79 Å². The van der Waals surface area contributed by atoms with E-state index in [9.17, 15) is 4.79 Å². The Morgan fingerprint density at radius 1 is 1.11 bits per heavy atom. The van der Waals surface area contributed by atoms with Crippen LogP contribution in [0.5, 0.6) is 0 Å². The van der Waals surface area contributed by atoms with Gasteiger partial charge >= 0.3 is 0 Å². The van der Waals surface area contributed by atoms with Crippen LogP contribution in [0, 0.1) is 0 Å². The van der Waals surface area contributed by atoms with Crippen molar-refractivity contribution >= 4 is 5.91 Å². The molecule has 4 nitrogen and oxygen atoms in total. The number of amides is 1. The van der Waals surface area contributed by atoms with Crippen molar-refractivity contribution in [1.29, 1.82) is 0 Å². The van der Waals surface area contributed by atoms with Gasteiger partial charge in [-0.3, -0.25) is 4.79 Å². The molecular weight excluding hydrogens is 238 g/mol. The van der Waals surface area contributed by atoms with Crippen LogP contribution in [0.15, 0.2) is 0 Å². The zero-order chi connectivity index (χ0) is 13.2. The molecule has 2 unspecified atom stereocenters. The second kappa shape index (κ2) is 5.80. The number of fused-ring (bicyclic) bond motifs is 2. The minimum Gasteiger partial charge on any atom is -0.353 e. The van der Waals surface area contributed by atoms with Crippen molar-refractivity contribution in [3.63, 3.8) is 0 Å². The highest BCUT2D eigenvalue weighted by Crippen LogP contribution is 2.32. The summed E-state index contributed by atoms with van der Waals surface area (Å²) < 4.78 is 0. The van der Waals surface area contributed by atoms with E-state index >= 15 is 0 Å². The SMILES string of the molecule is CN1C2CCCC1CC(NCCC(=O)NC1CC1)C2. The highest BCUT2D eigenvalue weighted by Gasteiger charge is 2.35. The molecule has 1 aliphatic carbocycles. The monoisotopic (exact) mass is 265 g/mol. The van der Waals surface area contributed by atoms with E-state index in [-0.39, 0.29) is 5.91 Å². The third kappa shape index (κ3) is 3.48. The molecule has 3 aliphatic rings. The Hall–Kier alpha value is -0.610.